The second kappa shape index (κ2) is 5.66. The van der Waals surface area contributed by atoms with Crippen LogP contribution in [0, 0.1) is 18.3 Å². The van der Waals surface area contributed by atoms with Gasteiger partial charge in [-0.1, -0.05) is 23.7 Å². The van der Waals surface area contributed by atoms with Crippen LogP contribution in [0.25, 0.3) is 0 Å². The monoisotopic (exact) mass is 310 g/mol. The zero-order valence-electron chi connectivity index (χ0n) is 10.9. The summed E-state index contributed by atoms with van der Waals surface area (Å²) < 4.78 is 39.2. The molecule has 108 valence electrons. The van der Waals surface area contributed by atoms with E-state index in [0.717, 1.165) is 6.07 Å². The topological polar surface area (TPSA) is 35.8 Å². The standard InChI is InChI=1S/C15H10ClF3N2/c1-9-3-2-4-10(8-20)14(9)21-13-6-5-11(16)7-12(13)15(17,18)19/h2-7,21H,1H3. The van der Waals surface area contributed by atoms with E-state index in [1.165, 1.54) is 12.1 Å². The zero-order valence-corrected chi connectivity index (χ0v) is 11.7. The fourth-order valence-corrected chi connectivity index (χ4v) is 2.09. The summed E-state index contributed by atoms with van der Waals surface area (Å²) in [6, 6.07) is 10.4. The van der Waals surface area contributed by atoms with Crippen LogP contribution in [0.2, 0.25) is 5.02 Å². The highest BCUT2D eigenvalue weighted by Crippen LogP contribution is 2.38. The third-order valence-corrected chi connectivity index (χ3v) is 3.18. The largest absolute Gasteiger partial charge is 0.418 e. The molecule has 0 radical (unpaired) electrons. The third kappa shape index (κ3) is 3.29. The number of aryl methyl sites for hydroxylation is 1. The van der Waals surface area contributed by atoms with E-state index in [0.29, 0.717) is 11.3 Å². The summed E-state index contributed by atoms with van der Waals surface area (Å²) in [5, 5.41) is 11.8. The van der Waals surface area contributed by atoms with Crippen molar-refractivity contribution in [2.75, 3.05) is 5.32 Å². The van der Waals surface area contributed by atoms with Gasteiger partial charge < -0.3 is 5.32 Å². The summed E-state index contributed by atoms with van der Waals surface area (Å²) in [4.78, 5) is 0. The Bertz CT molecular complexity index is 718. The van der Waals surface area contributed by atoms with Gasteiger partial charge in [0, 0.05) is 5.02 Å². The van der Waals surface area contributed by atoms with Crippen molar-refractivity contribution in [3.05, 3.63) is 58.1 Å². The van der Waals surface area contributed by atoms with Gasteiger partial charge >= 0.3 is 6.18 Å². The van der Waals surface area contributed by atoms with Crippen LogP contribution in [0.4, 0.5) is 24.5 Å². The summed E-state index contributed by atoms with van der Waals surface area (Å²) in [6.07, 6.45) is -4.54. The van der Waals surface area contributed by atoms with Crippen LogP contribution in [-0.4, -0.2) is 0 Å². The molecule has 0 heterocycles. The molecule has 21 heavy (non-hydrogen) atoms. The van der Waals surface area contributed by atoms with Gasteiger partial charge in [0.1, 0.15) is 6.07 Å². The van der Waals surface area contributed by atoms with Crippen molar-refractivity contribution in [3.8, 4) is 6.07 Å². The SMILES string of the molecule is Cc1cccc(C#N)c1Nc1ccc(Cl)cc1C(F)(F)F. The van der Waals surface area contributed by atoms with E-state index in [4.69, 9.17) is 16.9 Å². The number of halogens is 4. The molecule has 0 unspecified atom stereocenters. The minimum absolute atomic E-state index is 0.00170. The molecule has 0 atom stereocenters. The molecule has 0 amide bonds. The van der Waals surface area contributed by atoms with Crippen LogP contribution >= 0.6 is 11.6 Å². The maximum absolute atomic E-state index is 13.1. The second-order valence-corrected chi connectivity index (χ2v) is 4.86. The third-order valence-electron chi connectivity index (χ3n) is 2.94. The molecule has 0 spiro atoms. The highest BCUT2D eigenvalue weighted by molar-refractivity contribution is 6.30. The number of nitrogens with one attached hydrogen (secondary N) is 1. The van der Waals surface area contributed by atoms with Crippen LogP contribution in [-0.2, 0) is 6.18 Å². The first kappa shape index (κ1) is 15.2. The maximum atomic E-state index is 13.1. The van der Waals surface area contributed by atoms with Crippen LogP contribution in [0.15, 0.2) is 36.4 Å². The van der Waals surface area contributed by atoms with Gasteiger partial charge in [0.15, 0.2) is 0 Å². The molecule has 0 aromatic heterocycles. The minimum Gasteiger partial charge on any atom is -0.354 e. The van der Waals surface area contributed by atoms with Gasteiger partial charge in [-0.15, -0.1) is 0 Å². The van der Waals surface area contributed by atoms with Crippen molar-refractivity contribution in [2.24, 2.45) is 0 Å². The van der Waals surface area contributed by atoms with Gasteiger partial charge in [-0.05, 0) is 36.8 Å². The van der Waals surface area contributed by atoms with E-state index < -0.39 is 11.7 Å². The highest BCUT2D eigenvalue weighted by atomic mass is 35.5. The van der Waals surface area contributed by atoms with Gasteiger partial charge in [-0.2, -0.15) is 18.4 Å². The summed E-state index contributed by atoms with van der Waals surface area (Å²) in [7, 11) is 0. The molecule has 0 saturated carbocycles. The van der Waals surface area contributed by atoms with Crippen LogP contribution in [0.1, 0.15) is 16.7 Å². The zero-order chi connectivity index (χ0) is 15.6. The lowest BCUT2D eigenvalue weighted by Crippen LogP contribution is -2.09. The number of nitriles is 1. The Balaban J connectivity index is 2.54. The molecule has 2 rings (SSSR count). The fourth-order valence-electron chi connectivity index (χ4n) is 1.92. The van der Waals surface area contributed by atoms with Crippen molar-refractivity contribution in [3.63, 3.8) is 0 Å². The molecule has 0 bridgehead atoms. The molecule has 2 aromatic rings. The van der Waals surface area contributed by atoms with E-state index >= 15 is 0 Å². The first-order valence-electron chi connectivity index (χ1n) is 5.96. The Kier molecular flexibility index (Phi) is 4.10. The Morgan fingerprint density at radius 3 is 2.52 bits per heavy atom. The predicted octanol–water partition coefficient (Wildman–Crippen LogP) is 5.28. The molecule has 0 saturated heterocycles. The molecular weight excluding hydrogens is 301 g/mol. The number of hydrogen-bond donors (Lipinski definition) is 1. The fraction of sp³-hybridized carbons (Fsp3) is 0.133. The molecular formula is C15H10ClF3N2. The number of rotatable bonds is 2. The Labute approximate surface area is 124 Å². The lowest BCUT2D eigenvalue weighted by atomic mass is 10.1. The molecule has 2 nitrogen and oxygen atoms in total. The summed E-state index contributed by atoms with van der Waals surface area (Å²) in [5.41, 5.74) is 0.294. The van der Waals surface area contributed by atoms with E-state index in [-0.39, 0.29) is 16.3 Å². The summed E-state index contributed by atoms with van der Waals surface area (Å²) >= 11 is 5.64. The molecule has 2 aromatic carbocycles. The minimum atomic E-state index is -4.54. The van der Waals surface area contributed by atoms with Gasteiger partial charge in [0.05, 0.1) is 22.5 Å². The lowest BCUT2D eigenvalue weighted by molar-refractivity contribution is -0.136. The van der Waals surface area contributed by atoms with Crippen molar-refractivity contribution < 1.29 is 13.2 Å². The van der Waals surface area contributed by atoms with Crippen LogP contribution in [0.5, 0.6) is 0 Å². The number of para-hydroxylation sites is 1. The second-order valence-electron chi connectivity index (χ2n) is 4.42. The van der Waals surface area contributed by atoms with Gasteiger partial charge in [-0.3, -0.25) is 0 Å². The van der Waals surface area contributed by atoms with E-state index in [2.05, 4.69) is 5.32 Å². The maximum Gasteiger partial charge on any atom is 0.418 e. The van der Waals surface area contributed by atoms with Crippen LogP contribution in [0.3, 0.4) is 0 Å². The van der Waals surface area contributed by atoms with Crippen LogP contribution < -0.4 is 5.32 Å². The van der Waals surface area contributed by atoms with E-state index in [1.54, 1.807) is 25.1 Å². The lowest BCUT2D eigenvalue weighted by Gasteiger charge is -2.17. The van der Waals surface area contributed by atoms with E-state index in [9.17, 15) is 13.2 Å². The van der Waals surface area contributed by atoms with Crippen molar-refractivity contribution >= 4 is 23.0 Å². The Morgan fingerprint density at radius 1 is 1.19 bits per heavy atom. The average molecular weight is 311 g/mol. The molecule has 0 aliphatic rings. The number of hydrogen-bond acceptors (Lipinski definition) is 2. The molecule has 6 heteroatoms. The van der Waals surface area contributed by atoms with Gasteiger partial charge in [0.2, 0.25) is 0 Å². The molecule has 1 N–H and O–H groups in total. The number of benzene rings is 2. The first-order valence-corrected chi connectivity index (χ1v) is 6.34. The normalized spacial score (nSPS) is 11.0. The van der Waals surface area contributed by atoms with Crippen molar-refractivity contribution in [2.45, 2.75) is 13.1 Å². The van der Waals surface area contributed by atoms with Crippen molar-refractivity contribution in [1.29, 1.82) is 5.26 Å². The Morgan fingerprint density at radius 2 is 1.90 bits per heavy atom. The first-order chi connectivity index (χ1) is 9.82. The smallest absolute Gasteiger partial charge is 0.354 e. The quantitative estimate of drug-likeness (QED) is 0.819. The van der Waals surface area contributed by atoms with Crippen molar-refractivity contribution in [1.82, 2.24) is 0 Å². The summed E-state index contributed by atoms with van der Waals surface area (Å²) in [5.74, 6) is 0. The van der Waals surface area contributed by atoms with E-state index in [1.807, 2.05) is 6.07 Å². The average Bonchev–Trinajstić information content (AvgIpc) is 2.41. The summed E-state index contributed by atoms with van der Waals surface area (Å²) in [6.45, 7) is 1.71. The molecule has 0 aliphatic carbocycles. The number of alkyl halides is 3. The Hall–Kier alpha value is -2.19. The number of anilines is 2. The molecule has 0 fully saturated rings. The van der Waals surface area contributed by atoms with Gasteiger partial charge in [0.25, 0.3) is 0 Å². The number of nitrogens with zero attached hydrogens (tertiary/aromatic N) is 1. The van der Waals surface area contributed by atoms with Gasteiger partial charge in [-0.25, -0.2) is 0 Å². The predicted molar refractivity (Wildman–Crippen MR) is 75.6 cm³/mol. The molecule has 0 aliphatic heterocycles. The highest BCUT2D eigenvalue weighted by Gasteiger charge is 2.34.